The van der Waals surface area contributed by atoms with Crippen LogP contribution in [0.4, 0.5) is 0 Å². The van der Waals surface area contributed by atoms with Crippen molar-refractivity contribution in [3.05, 3.63) is 12.2 Å². The van der Waals surface area contributed by atoms with Crippen molar-refractivity contribution in [3.63, 3.8) is 0 Å². The maximum absolute atomic E-state index is 11.6. The van der Waals surface area contributed by atoms with Gasteiger partial charge in [-0.2, -0.15) is 4.28 Å². The second kappa shape index (κ2) is 16.4. The molecule has 1 unspecified atom stereocenters. The van der Waals surface area contributed by atoms with Gasteiger partial charge in [0.25, 0.3) is 5.91 Å². The van der Waals surface area contributed by atoms with Crippen molar-refractivity contribution < 1.29 is 18.1 Å². The lowest BCUT2D eigenvalue weighted by atomic mass is 10.1. The molecule has 7 nitrogen and oxygen atoms in total. The molecule has 0 aliphatic carbocycles. The number of carbonyl (C=O) groups excluding carboxylic acids is 2. The number of ketones is 1. The number of Topliss-reactive ketones (excluding diaryl/α,β-unsaturated/α-hetero) is 1. The molecule has 0 bridgehead atoms. The van der Waals surface area contributed by atoms with Gasteiger partial charge in [0.15, 0.2) is 0 Å². The standard InChI is InChI=1S/C20H35N3O4S/c1-2-3-12-15-18(24)20(25)21-17-14-11-9-7-5-4-6-8-10-13-16-19-22-27-28(26)23-19/h5,7H,2-4,6,8-17H2,1H3,(H,21,25)(H,22,23)/b7-5-. The summed E-state index contributed by atoms with van der Waals surface area (Å²) in [6.07, 6.45) is 16.9. The molecule has 0 aromatic rings. The molecule has 0 saturated carbocycles. The molecular weight excluding hydrogens is 378 g/mol. The summed E-state index contributed by atoms with van der Waals surface area (Å²) in [6.45, 7) is 2.65. The molecule has 1 aliphatic rings. The number of nitrogens with zero attached hydrogens (tertiary/aromatic N) is 1. The number of carbonyl (C=O) groups is 2. The van der Waals surface area contributed by atoms with E-state index >= 15 is 0 Å². The lowest BCUT2D eigenvalue weighted by molar-refractivity contribution is -0.138. The van der Waals surface area contributed by atoms with Crippen LogP contribution in [0.1, 0.15) is 90.4 Å². The molecule has 0 spiro atoms. The van der Waals surface area contributed by atoms with Crippen molar-refractivity contribution in [2.45, 2.75) is 90.4 Å². The second-order valence-corrected chi connectivity index (χ2v) is 7.78. The molecule has 28 heavy (non-hydrogen) atoms. The first-order chi connectivity index (χ1) is 13.6. The highest BCUT2D eigenvalue weighted by Crippen LogP contribution is 2.09. The summed E-state index contributed by atoms with van der Waals surface area (Å²) < 4.78 is 19.3. The Hall–Kier alpha value is -1.54. The summed E-state index contributed by atoms with van der Waals surface area (Å²) in [7, 11) is 0. The van der Waals surface area contributed by atoms with E-state index in [4.69, 9.17) is 0 Å². The second-order valence-electron chi connectivity index (χ2n) is 7.00. The van der Waals surface area contributed by atoms with Crippen LogP contribution in [0.5, 0.6) is 0 Å². The minimum Gasteiger partial charge on any atom is -0.350 e. The van der Waals surface area contributed by atoms with Crippen molar-refractivity contribution in [1.82, 2.24) is 10.8 Å². The lowest BCUT2D eigenvalue weighted by Crippen LogP contribution is -2.31. The van der Waals surface area contributed by atoms with Gasteiger partial charge < -0.3 is 5.32 Å². The van der Waals surface area contributed by atoms with Crippen LogP contribution < -0.4 is 10.8 Å². The third kappa shape index (κ3) is 12.8. The number of amides is 1. The highest BCUT2D eigenvalue weighted by Gasteiger charge is 2.12. The predicted octanol–water partition coefficient (Wildman–Crippen LogP) is 3.83. The van der Waals surface area contributed by atoms with Gasteiger partial charge in [-0.25, -0.2) is 9.69 Å². The third-order valence-corrected chi connectivity index (χ3v) is 5.06. The van der Waals surface area contributed by atoms with Crippen molar-refractivity contribution >= 4 is 28.8 Å². The van der Waals surface area contributed by atoms with Crippen LogP contribution in [-0.4, -0.2) is 28.3 Å². The zero-order valence-electron chi connectivity index (χ0n) is 17.0. The largest absolute Gasteiger partial charge is 0.350 e. The molecular formula is C20H35N3O4S. The molecule has 1 atom stereocenters. The number of hydroxylamine groups is 1. The Kier molecular flexibility index (Phi) is 14.4. The molecule has 1 aliphatic heterocycles. The van der Waals surface area contributed by atoms with Gasteiger partial charge in [0, 0.05) is 19.4 Å². The van der Waals surface area contributed by atoms with E-state index in [1.54, 1.807) is 0 Å². The Labute approximate surface area is 171 Å². The van der Waals surface area contributed by atoms with Crippen LogP contribution in [0.3, 0.4) is 0 Å². The van der Waals surface area contributed by atoms with E-state index in [0.717, 1.165) is 70.6 Å². The number of hydrogen-bond donors (Lipinski definition) is 2. The topological polar surface area (TPSA) is 96.9 Å². The van der Waals surface area contributed by atoms with Crippen molar-refractivity contribution in [2.75, 3.05) is 6.54 Å². The molecule has 160 valence electrons. The van der Waals surface area contributed by atoms with Gasteiger partial charge >= 0.3 is 11.3 Å². The predicted molar refractivity (Wildman–Crippen MR) is 113 cm³/mol. The van der Waals surface area contributed by atoms with E-state index in [1.165, 1.54) is 6.42 Å². The summed E-state index contributed by atoms with van der Waals surface area (Å²) in [6, 6.07) is 0. The highest BCUT2D eigenvalue weighted by molar-refractivity contribution is 7.79. The molecule has 8 heteroatoms. The summed E-state index contributed by atoms with van der Waals surface area (Å²) >= 11 is -1.54. The average molecular weight is 414 g/mol. The first-order valence-corrected chi connectivity index (χ1v) is 11.6. The number of rotatable bonds is 17. The SMILES string of the molecule is CCCCCC(=O)C(=O)NCCCC/C=C\CCCCCCC1=NS(=O)ON1. The fourth-order valence-electron chi connectivity index (χ4n) is 2.79. The van der Waals surface area contributed by atoms with Gasteiger partial charge in [-0.05, 0) is 44.9 Å². The number of amidine groups is 1. The fraction of sp³-hybridized carbons (Fsp3) is 0.750. The molecule has 1 amide bonds. The van der Waals surface area contributed by atoms with Crippen LogP contribution in [-0.2, 0) is 25.1 Å². The minimum absolute atomic E-state index is 0.288. The molecule has 0 aromatic heterocycles. The molecule has 1 heterocycles. The number of unbranched alkanes of at least 4 members (excludes halogenated alkanes) is 8. The van der Waals surface area contributed by atoms with Gasteiger partial charge in [-0.15, -0.1) is 4.40 Å². The Morgan fingerprint density at radius 1 is 1.04 bits per heavy atom. The summed E-state index contributed by atoms with van der Waals surface area (Å²) in [5.41, 5.74) is 2.57. The van der Waals surface area contributed by atoms with Crippen molar-refractivity contribution in [1.29, 1.82) is 0 Å². The Morgan fingerprint density at radius 3 is 2.43 bits per heavy atom. The van der Waals surface area contributed by atoms with Gasteiger partial charge in [0.05, 0.1) is 0 Å². The maximum atomic E-state index is 11.6. The van der Waals surface area contributed by atoms with Crippen molar-refractivity contribution in [2.24, 2.45) is 4.40 Å². The van der Waals surface area contributed by atoms with Crippen LogP contribution in [0, 0.1) is 0 Å². The molecule has 2 N–H and O–H groups in total. The zero-order valence-corrected chi connectivity index (χ0v) is 17.9. The van der Waals surface area contributed by atoms with Gasteiger partial charge in [-0.1, -0.05) is 44.8 Å². The number of nitrogens with one attached hydrogen (secondary N) is 2. The van der Waals surface area contributed by atoms with E-state index < -0.39 is 17.2 Å². The minimum atomic E-state index is -1.54. The van der Waals surface area contributed by atoms with Gasteiger partial charge in [0.1, 0.15) is 5.84 Å². The monoisotopic (exact) mass is 413 g/mol. The molecule has 0 radical (unpaired) electrons. The summed E-state index contributed by atoms with van der Waals surface area (Å²) in [5.74, 6) is -0.0392. The molecule has 0 saturated heterocycles. The number of hydrogen-bond acceptors (Lipinski definition) is 5. The third-order valence-electron chi connectivity index (χ3n) is 4.46. The summed E-state index contributed by atoms with van der Waals surface area (Å²) in [4.78, 5) is 23.2. The maximum Gasteiger partial charge on any atom is 0.309 e. The van der Waals surface area contributed by atoms with Crippen LogP contribution in [0.2, 0.25) is 0 Å². The molecule has 0 fully saturated rings. The van der Waals surface area contributed by atoms with E-state index in [1.807, 2.05) is 0 Å². The Balaban J connectivity index is 1.85. The fourth-order valence-corrected chi connectivity index (χ4v) is 3.30. The highest BCUT2D eigenvalue weighted by atomic mass is 32.2. The zero-order chi connectivity index (χ0) is 20.5. The number of allylic oxidation sites excluding steroid dienone is 2. The van der Waals surface area contributed by atoms with E-state index in [-0.39, 0.29) is 5.78 Å². The van der Waals surface area contributed by atoms with Crippen LogP contribution in [0.15, 0.2) is 16.5 Å². The van der Waals surface area contributed by atoms with E-state index in [2.05, 4.69) is 38.6 Å². The van der Waals surface area contributed by atoms with Gasteiger partial charge in [0.2, 0.25) is 5.78 Å². The van der Waals surface area contributed by atoms with Crippen LogP contribution >= 0.6 is 0 Å². The van der Waals surface area contributed by atoms with Crippen LogP contribution in [0.25, 0.3) is 0 Å². The first kappa shape index (κ1) is 24.5. The molecule has 1 rings (SSSR count). The first-order valence-electron chi connectivity index (χ1n) is 10.5. The van der Waals surface area contributed by atoms with E-state index in [0.29, 0.717) is 18.8 Å². The average Bonchev–Trinajstić information content (AvgIpc) is 3.10. The smallest absolute Gasteiger partial charge is 0.309 e. The lowest BCUT2D eigenvalue weighted by Gasteiger charge is -2.03. The summed E-state index contributed by atoms with van der Waals surface area (Å²) in [5, 5.41) is 2.71. The Morgan fingerprint density at radius 2 is 1.75 bits per heavy atom. The van der Waals surface area contributed by atoms with Gasteiger partial charge in [-0.3, -0.25) is 9.59 Å². The van der Waals surface area contributed by atoms with Crippen molar-refractivity contribution in [3.8, 4) is 0 Å². The Bertz CT molecular complexity index is 550. The van der Waals surface area contributed by atoms with E-state index in [9.17, 15) is 13.8 Å². The normalized spacial score (nSPS) is 16.2. The quantitative estimate of drug-likeness (QED) is 0.215. The molecule has 0 aromatic carbocycles.